The molecule has 4 aromatic carbocycles. The molecule has 8 rings (SSSR count). The number of nitro benzene ring substituents is 2. The van der Waals surface area contributed by atoms with Crippen LogP contribution in [0.1, 0.15) is 5.56 Å². The Bertz CT molecular complexity index is 3400. The summed E-state index contributed by atoms with van der Waals surface area (Å²) >= 11 is 18.6. The van der Waals surface area contributed by atoms with Gasteiger partial charge in [0.25, 0.3) is 11.4 Å². The Morgan fingerprint density at radius 2 is 1.16 bits per heavy atom. The quantitative estimate of drug-likeness (QED) is 0.0503. The monoisotopic (exact) mass is 1160 g/mol. The molecule has 19 nitrogen and oxygen atoms in total. The average molecular weight is 1160 g/mol. The second kappa shape index (κ2) is 29.7. The number of nitrogens with zero attached hydrogens (tertiary/aromatic N) is 10. The van der Waals surface area contributed by atoms with Crippen molar-refractivity contribution in [2.45, 2.75) is 0 Å². The molecule has 0 aliphatic rings. The maximum absolute atomic E-state index is 11.7. The zero-order valence-corrected chi connectivity index (χ0v) is 51.6. The van der Waals surface area contributed by atoms with E-state index in [0.29, 0.717) is 55.3 Å². The fourth-order valence-electron chi connectivity index (χ4n) is 7.05. The van der Waals surface area contributed by atoms with Gasteiger partial charge in [0, 0.05) is 83.7 Å². The first-order chi connectivity index (χ1) is 34.9. The molecule has 0 amide bonds. The predicted molar refractivity (Wildman–Crippen MR) is 299 cm³/mol. The molecular formula is C50H49BrCl2K2N12O7. The van der Waals surface area contributed by atoms with Gasteiger partial charge in [-0.15, -0.1) is 6.42 Å². The zero-order chi connectivity index (χ0) is 53.5. The van der Waals surface area contributed by atoms with Gasteiger partial charge in [0.2, 0.25) is 11.9 Å². The first-order valence-electron chi connectivity index (χ1n) is 22.2. The van der Waals surface area contributed by atoms with Gasteiger partial charge in [0.05, 0.1) is 86.8 Å². The molecule has 0 fully saturated rings. The molecule has 4 aromatic heterocycles. The van der Waals surface area contributed by atoms with E-state index in [1.807, 2.05) is 122 Å². The van der Waals surface area contributed by atoms with Gasteiger partial charge in [-0.3, -0.25) is 30.0 Å². The van der Waals surface area contributed by atoms with Crippen molar-refractivity contribution in [3.05, 3.63) is 138 Å². The summed E-state index contributed by atoms with van der Waals surface area (Å²) in [4.78, 5) is 43.6. The van der Waals surface area contributed by atoms with Crippen LogP contribution in [-0.2, 0) is 14.1 Å². The number of ether oxygens (including phenoxy) is 2. The molecule has 0 saturated heterocycles. The van der Waals surface area contributed by atoms with Gasteiger partial charge < -0.3 is 34.7 Å². The predicted octanol–water partition coefficient (Wildman–Crippen LogP) is 9.17. The average Bonchev–Trinajstić information content (AvgIpc) is 3.89. The Labute approximate surface area is 491 Å². The van der Waals surface area contributed by atoms with Gasteiger partial charge in [0.15, 0.2) is 0 Å². The molecule has 4 heterocycles. The van der Waals surface area contributed by atoms with E-state index in [1.165, 1.54) is 114 Å². The number of rotatable bonds is 12. The number of halogens is 3. The number of benzene rings is 4. The number of terminal acetylenes is 1. The second-order valence-corrected chi connectivity index (χ2v) is 17.6. The summed E-state index contributed by atoms with van der Waals surface area (Å²) in [7, 11) is 14.5. The molecule has 0 radical (unpaired) electrons. The minimum absolute atomic E-state index is 0. The van der Waals surface area contributed by atoms with Crippen LogP contribution in [0.4, 0.5) is 34.6 Å². The molecule has 0 atom stereocenters. The molecule has 4 N–H and O–H groups in total. The van der Waals surface area contributed by atoms with E-state index >= 15 is 0 Å². The van der Waals surface area contributed by atoms with E-state index in [9.17, 15) is 20.2 Å². The van der Waals surface area contributed by atoms with E-state index < -0.39 is 9.85 Å². The van der Waals surface area contributed by atoms with Crippen molar-refractivity contribution < 1.29 is 24.8 Å². The molecule has 24 heteroatoms. The summed E-state index contributed by atoms with van der Waals surface area (Å²) in [5.41, 5.74) is 5.58. The number of hydrogen-bond acceptors (Lipinski definition) is 14. The van der Waals surface area contributed by atoms with Gasteiger partial charge in [-0.25, -0.2) is 19.9 Å². The van der Waals surface area contributed by atoms with Crippen LogP contribution in [0.2, 0.25) is 10.0 Å². The molecule has 74 heavy (non-hydrogen) atoms. The van der Waals surface area contributed by atoms with Crippen molar-refractivity contribution in [1.29, 1.82) is 0 Å². The van der Waals surface area contributed by atoms with Crippen molar-refractivity contribution in [2.24, 2.45) is 14.1 Å². The Morgan fingerprint density at radius 3 is 1.57 bits per heavy atom. The number of fused-ring (bicyclic) bond motifs is 2. The van der Waals surface area contributed by atoms with E-state index in [0.717, 1.165) is 39.5 Å². The van der Waals surface area contributed by atoms with Crippen LogP contribution in [0.25, 0.3) is 44.3 Å². The van der Waals surface area contributed by atoms with Gasteiger partial charge in [0.1, 0.15) is 17.1 Å². The maximum atomic E-state index is 11.7. The number of methoxy groups -OCH3 is 2. The third-order valence-corrected chi connectivity index (χ3v) is 11.5. The Kier molecular flexibility index (Phi) is 24.9. The molecule has 8 aromatic rings. The summed E-state index contributed by atoms with van der Waals surface area (Å²) in [5, 5.41) is 31.9. The Hall–Kier alpha value is -4.55. The number of aromatic nitrogens is 6. The van der Waals surface area contributed by atoms with Crippen LogP contribution in [0.15, 0.2) is 102 Å². The number of nitro groups is 2. The van der Waals surface area contributed by atoms with Crippen LogP contribution in [0, 0.1) is 44.4 Å². The van der Waals surface area contributed by atoms with E-state index in [2.05, 4.69) is 64.3 Å². The van der Waals surface area contributed by atoms with Crippen molar-refractivity contribution in [2.75, 3.05) is 66.1 Å². The standard InChI is InChI=1S/C25H23ClN6O3.C20H15BrClN5O3.C5H9N.2K.H2O/c1-30(2)11-7-8-16-12-23(35-4)20(13-22(16)32(33)34)28-25-27-14-19(26)24(29-25)18-15-31(3)21-10-6-5-9-17(18)21;1-26-10-12(11-5-3-4-6-16(11)26)19-14(22)9-23-20(25-19)24-15-8-17(27(28)29)13(21)7-18(15)30-2;1-4-5-6(2)3;;;/h5-6,9-10,12-15H,11H2,1-4H3,(H,27,28,29);3-10H,1-2H3,(H,23,24,25);1H,5H2,2-3H3;;;1H2. The first kappa shape index (κ1) is 62.0. The fraction of sp³-hybridized carbons (Fsp3) is 0.200. The molecule has 0 bridgehead atoms. The first-order valence-corrected chi connectivity index (χ1v) is 39.8. The molecule has 0 saturated carbocycles. The number of anilines is 4. The molecule has 0 aliphatic carbocycles. The van der Waals surface area contributed by atoms with Crippen LogP contribution in [-0.4, -0.2) is 173 Å². The van der Waals surface area contributed by atoms with Gasteiger partial charge in [-0.2, -0.15) is 0 Å². The van der Waals surface area contributed by atoms with E-state index in [4.69, 9.17) is 39.1 Å². The molecule has 0 aliphatic heterocycles. The molecule has 0 unspecified atom stereocenters. The van der Waals surface area contributed by atoms with Crippen molar-refractivity contribution in [3.63, 3.8) is 0 Å². The number of aryl methyl sites for hydroxylation is 2. The topological polar surface area (TPSA) is 228 Å². The number of para-hydroxylation sites is 2. The Balaban J connectivity index is 0.000000279. The van der Waals surface area contributed by atoms with Crippen LogP contribution < -0.4 is 20.1 Å². The van der Waals surface area contributed by atoms with Crippen LogP contribution in [0.5, 0.6) is 11.5 Å². The summed E-state index contributed by atoms with van der Waals surface area (Å²) in [6.45, 7) is 1.20. The summed E-state index contributed by atoms with van der Waals surface area (Å²) in [6, 6.07) is 21.6. The molecular weight excluding hydrogens is 1110 g/mol. The van der Waals surface area contributed by atoms with Gasteiger partial charge >= 0.3 is 63.2 Å². The number of nitrogens with one attached hydrogen (secondary N) is 2. The van der Waals surface area contributed by atoms with Crippen LogP contribution in [0.3, 0.4) is 0 Å². The second-order valence-electron chi connectivity index (χ2n) is 15.9. The normalized spacial score (nSPS) is 10.3. The minimum atomic E-state index is -0.487. The van der Waals surface area contributed by atoms with Crippen molar-refractivity contribution >= 4 is 159 Å². The summed E-state index contributed by atoms with van der Waals surface area (Å²) in [5.74, 6) is 9.49. The van der Waals surface area contributed by atoms with Gasteiger partial charge in [-0.1, -0.05) is 77.4 Å². The van der Waals surface area contributed by atoms with Crippen molar-refractivity contribution in [3.8, 4) is 58.2 Å². The summed E-state index contributed by atoms with van der Waals surface area (Å²) in [6.07, 6.45) is 11.8. The fourth-order valence-corrected chi connectivity index (χ4v) is 7.90. The molecule has 374 valence electrons. The third kappa shape index (κ3) is 16.0. The van der Waals surface area contributed by atoms with E-state index in [-0.39, 0.29) is 34.3 Å². The number of hydrogen-bond donors (Lipinski definition) is 2. The Morgan fingerprint density at radius 1 is 0.730 bits per heavy atom. The summed E-state index contributed by atoms with van der Waals surface area (Å²) < 4.78 is 15.1. The SMILES string of the molecule is C#CCN(C)C.COc1cc(Br)c([N+](=O)[O-])cc1Nc1ncc(Cl)c(-c2cn(C)c3ccccc23)n1.COc1cc(C#CCN(C)C)c([N+](=O)[O-])cc1Nc1ncc(Cl)c(-c2cn(C)c3ccccc23)n1.O.[K][K]. The van der Waals surface area contributed by atoms with Crippen molar-refractivity contribution in [1.82, 2.24) is 38.9 Å². The van der Waals surface area contributed by atoms with E-state index in [1.54, 1.807) is 0 Å². The zero-order valence-electron chi connectivity index (χ0n) is 42.3. The third-order valence-electron chi connectivity index (χ3n) is 10.3. The molecule has 0 spiro atoms. The van der Waals surface area contributed by atoms with Crippen LogP contribution >= 0.6 is 39.1 Å². The van der Waals surface area contributed by atoms with Gasteiger partial charge in [-0.05, 0) is 56.3 Å².